The van der Waals surface area contributed by atoms with E-state index in [-0.39, 0.29) is 12.1 Å². The monoisotopic (exact) mass is 144 g/mol. The largest absolute Gasteiger partial charge is 0.338 e. The van der Waals surface area contributed by atoms with Crippen LogP contribution in [-0.4, -0.2) is 19.0 Å². The van der Waals surface area contributed by atoms with Crippen molar-refractivity contribution in [2.24, 2.45) is 5.92 Å². The summed E-state index contributed by atoms with van der Waals surface area (Å²) in [5, 5.41) is 4.92. The molecule has 0 aliphatic heterocycles. The van der Waals surface area contributed by atoms with Crippen LogP contribution in [0.5, 0.6) is 0 Å². The number of amides is 2. The van der Waals surface area contributed by atoms with Gasteiger partial charge in [-0.05, 0) is 5.92 Å². The minimum absolute atomic E-state index is 0.204. The first-order chi connectivity index (χ1) is 4.72. The van der Waals surface area contributed by atoms with Crippen molar-refractivity contribution in [3.05, 3.63) is 0 Å². The second-order valence-corrected chi connectivity index (χ2v) is 2.29. The average Bonchev–Trinajstić information content (AvgIpc) is 1.87. The Morgan fingerprint density at radius 2 is 1.50 bits per heavy atom. The van der Waals surface area contributed by atoms with E-state index in [9.17, 15) is 9.59 Å². The number of hydrogen-bond donors (Lipinski definition) is 2. The smallest absolute Gasteiger partial charge is 0.208 e. The van der Waals surface area contributed by atoms with Gasteiger partial charge in [-0.3, -0.25) is 9.59 Å². The lowest BCUT2D eigenvalue weighted by molar-refractivity contribution is -0.112. The SMILES string of the molecule is CC(C)C(NC=O)NC=O. The van der Waals surface area contributed by atoms with Crippen LogP contribution in [0.2, 0.25) is 0 Å². The Kier molecular flexibility index (Phi) is 4.28. The molecule has 0 rings (SSSR count). The number of rotatable bonds is 5. The Labute approximate surface area is 60.0 Å². The summed E-state index contributed by atoms with van der Waals surface area (Å²) in [6.45, 7) is 3.80. The first-order valence-corrected chi connectivity index (χ1v) is 3.11. The van der Waals surface area contributed by atoms with E-state index in [4.69, 9.17) is 0 Å². The summed E-state index contributed by atoms with van der Waals surface area (Å²) in [6, 6.07) is 0. The molecule has 0 bridgehead atoms. The second kappa shape index (κ2) is 4.78. The Bertz CT molecular complexity index is 104. The summed E-state index contributed by atoms with van der Waals surface area (Å²) in [6.07, 6.45) is 0.887. The lowest BCUT2D eigenvalue weighted by atomic mass is 10.1. The van der Waals surface area contributed by atoms with Gasteiger partial charge in [0.1, 0.15) is 6.17 Å². The number of carbonyl (C=O) groups is 2. The summed E-state index contributed by atoms with van der Waals surface area (Å²) in [5.74, 6) is 0.204. The van der Waals surface area contributed by atoms with Gasteiger partial charge in [0.15, 0.2) is 0 Å². The molecule has 0 atom stereocenters. The molecule has 2 N–H and O–H groups in total. The Hall–Kier alpha value is -1.06. The molecule has 10 heavy (non-hydrogen) atoms. The minimum atomic E-state index is -0.255. The fourth-order valence-electron chi connectivity index (χ4n) is 0.580. The Balaban J connectivity index is 3.70. The summed E-state index contributed by atoms with van der Waals surface area (Å²) in [4.78, 5) is 19.9. The normalized spacial score (nSPS) is 9.60. The van der Waals surface area contributed by atoms with Crippen LogP contribution in [0.25, 0.3) is 0 Å². The van der Waals surface area contributed by atoms with E-state index in [2.05, 4.69) is 10.6 Å². The van der Waals surface area contributed by atoms with E-state index in [0.717, 1.165) is 0 Å². The number of hydrogen-bond acceptors (Lipinski definition) is 2. The van der Waals surface area contributed by atoms with E-state index in [0.29, 0.717) is 12.8 Å². The fourth-order valence-corrected chi connectivity index (χ4v) is 0.580. The van der Waals surface area contributed by atoms with E-state index >= 15 is 0 Å². The molecule has 0 aromatic rings. The topological polar surface area (TPSA) is 58.2 Å². The minimum Gasteiger partial charge on any atom is -0.338 e. The van der Waals surface area contributed by atoms with Crippen LogP contribution in [0.15, 0.2) is 0 Å². The molecular formula is C6H12N2O2. The maximum absolute atomic E-state index is 9.93. The van der Waals surface area contributed by atoms with E-state index in [1.807, 2.05) is 13.8 Å². The maximum Gasteiger partial charge on any atom is 0.208 e. The third-order valence-electron chi connectivity index (χ3n) is 1.16. The second-order valence-electron chi connectivity index (χ2n) is 2.29. The van der Waals surface area contributed by atoms with Crippen LogP contribution in [-0.2, 0) is 9.59 Å². The van der Waals surface area contributed by atoms with E-state index < -0.39 is 0 Å². The highest BCUT2D eigenvalue weighted by Gasteiger charge is 2.08. The average molecular weight is 144 g/mol. The van der Waals surface area contributed by atoms with Crippen molar-refractivity contribution < 1.29 is 9.59 Å². The van der Waals surface area contributed by atoms with Gasteiger partial charge in [-0.2, -0.15) is 0 Å². The van der Waals surface area contributed by atoms with Gasteiger partial charge in [0.25, 0.3) is 0 Å². The van der Waals surface area contributed by atoms with Crippen molar-refractivity contribution in [2.75, 3.05) is 0 Å². The highest BCUT2D eigenvalue weighted by atomic mass is 16.1. The molecule has 2 amide bonds. The van der Waals surface area contributed by atoms with Gasteiger partial charge in [0.05, 0.1) is 0 Å². The molecule has 0 unspecified atom stereocenters. The Morgan fingerprint density at radius 1 is 1.10 bits per heavy atom. The zero-order chi connectivity index (χ0) is 7.98. The van der Waals surface area contributed by atoms with Crippen LogP contribution < -0.4 is 10.6 Å². The van der Waals surface area contributed by atoms with Crippen molar-refractivity contribution in [2.45, 2.75) is 20.0 Å². The molecule has 0 radical (unpaired) electrons. The maximum atomic E-state index is 9.93. The van der Waals surface area contributed by atoms with Crippen molar-refractivity contribution >= 4 is 12.8 Å². The third-order valence-corrected chi connectivity index (χ3v) is 1.16. The molecule has 0 saturated heterocycles. The van der Waals surface area contributed by atoms with Crippen LogP contribution in [0.4, 0.5) is 0 Å². The van der Waals surface area contributed by atoms with Crippen molar-refractivity contribution in [3.63, 3.8) is 0 Å². The number of nitrogens with one attached hydrogen (secondary N) is 2. The summed E-state index contributed by atoms with van der Waals surface area (Å²) in [7, 11) is 0. The van der Waals surface area contributed by atoms with Gasteiger partial charge in [-0.15, -0.1) is 0 Å². The van der Waals surface area contributed by atoms with Crippen molar-refractivity contribution in [1.82, 2.24) is 10.6 Å². The molecule has 0 aromatic heterocycles. The highest BCUT2D eigenvalue weighted by Crippen LogP contribution is 1.94. The van der Waals surface area contributed by atoms with Crippen LogP contribution in [0, 0.1) is 5.92 Å². The molecule has 4 heteroatoms. The molecule has 0 aromatic carbocycles. The predicted octanol–water partition coefficient (Wildman–Crippen LogP) is -0.540. The van der Waals surface area contributed by atoms with Crippen LogP contribution in [0.3, 0.4) is 0 Å². The van der Waals surface area contributed by atoms with Gasteiger partial charge in [0.2, 0.25) is 12.8 Å². The lowest BCUT2D eigenvalue weighted by Gasteiger charge is -2.18. The van der Waals surface area contributed by atoms with Crippen LogP contribution in [0.1, 0.15) is 13.8 Å². The first kappa shape index (κ1) is 8.94. The molecule has 0 aliphatic carbocycles. The first-order valence-electron chi connectivity index (χ1n) is 3.11. The zero-order valence-corrected chi connectivity index (χ0v) is 6.13. The predicted molar refractivity (Wildman–Crippen MR) is 37.0 cm³/mol. The molecule has 0 fully saturated rings. The summed E-state index contributed by atoms with van der Waals surface area (Å²) >= 11 is 0. The quantitative estimate of drug-likeness (QED) is 0.402. The molecule has 0 heterocycles. The molecule has 4 nitrogen and oxygen atoms in total. The van der Waals surface area contributed by atoms with Crippen molar-refractivity contribution in [3.8, 4) is 0 Å². The van der Waals surface area contributed by atoms with E-state index in [1.165, 1.54) is 0 Å². The molecule has 0 aliphatic rings. The van der Waals surface area contributed by atoms with Gasteiger partial charge in [0, 0.05) is 0 Å². The van der Waals surface area contributed by atoms with Gasteiger partial charge in [-0.1, -0.05) is 13.8 Å². The molecular weight excluding hydrogens is 132 g/mol. The molecule has 58 valence electrons. The standard InChI is InChI=1S/C6H12N2O2/c1-5(2)6(7-3-9)8-4-10/h3-6H,1-2H3,(H,7,9)(H,8,10). The third kappa shape index (κ3) is 3.06. The lowest BCUT2D eigenvalue weighted by Crippen LogP contribution is -2.44. The summed E-state index contributed by atoms with van der Waals surface area (Å²) < 4.78 is 0. The fraction of sp³-hybridized carbons (Fsp3) is 0.667. The highest BCUT2D eigenvalue weighted by molar-refractivity contribution is 5.50. The summed E-state index contributed by atoms with van der Waals surface area (Å²) in [5.41, 5.74) is 0. The van der Waals surface area contributed by atoms with Gasteiger partial charge >= 0.3 is 0 Å². The van der Waals surface area contributed by atoms with Gasteiger partial charge < -0.3 is 10.6 Å². The van der Waals surface area contributed by atoms with Crippen molar-refractivity contribution in [1.29, 1.82) is 0 Å². The number of carbonyl (C=O) groups excluding carboxylic acids is 2. The van der Waals surface area contributed by atoms with E-state index in [1.54, 1.807) is 0 Å². The zero-order valence-electron chi connectivity index (χ0n) is 6.13. The Morgan fingerprint density at radius 3 is 1.70 bits per heavy atom. The van der Waals surface area contributed by atoms with Crippen LogP contribution >= 0.6 is 0 Å². The van der Waals surface area contributed by atoms with Gasteiger partial charge in [-0.25, -0.2) is 0 Å². The molecule has 0 saturated carbocycles. The molecule has 0 spiro atoms.